The van der Waals surface area contributed by atoms with E-state index in [1.54, 1.807) is 0 Å². The lowest BCUT2D eigenvalue weighted by atomic mass is 10.1. The van der Waals surface area contributed by atoms with Crippen molar-refractivity contribution >= 4 is 5.78 Å². The fraction of sp³-hybridized carbons (Fsp3) is 0.700. The number of Topliss-reactive ketones (excluding diaryl/α,β-unsaturated/α-hetero) is 1. The summed E-state index contributed by atoms with van der Waals surface area (Å²) < 4.78 is 40.6. The Kier molecular flexibility index (Phi) is 2.52. The van der Waals surface area contributed by atoms with Crippen molar-refractivity contribution in [2.24, 2.45) is 5.41 Å². The molecule has 0 amide bonds. The molecular formula is C10H11F3N2O2. The van der Waals surface area contributed by atoms with Crippen molar-refractivity contribution in [1.82, 2.24) is 10.1 Å². The summed E-state index contributed by atoms with van der Waals surface area (Å²) >= 11 is 0. The third kappa shape index (κ3) is 2.48. The van der Waals surface area contributed by atoms with E-state index in [-0.39, 0.29) is 17.2 Å². The van der Waals surface area contributed by atoms with Crippen LogP contribution in [0.1, 0.15) is 37.9 Å². The fourth-order valence-corrected chi connectivity index (χ4v) is 1.63. The molecule has 1 atom stereocenters. The number of hydrogen-bond donors (Lipinski definition) is 0. The molecule has 1 aliphatic rings. The molecule has 1 aromatic rings. The molecule has 0 aliphatic heterocycles. The van der Waals surface area contributed by atoms with Crippen molar-refractivity contribution in [3.63, 3.8) is 0 Å². The number of carbonyl (C=O) groups excluding carboxylic acids is 1. The number of alkyl halides is 3. The summed E-state index contributed by atoms with van der Waals surface area (Å²) in [5.41, 5.74) is 0.0647. The fourth-order valence-electron chi connectivity index (χ4n) is 1.63. The summed E-state index contributed by atoms with van der Waals surface area (Å²) in [6.07, 6.45) is -4.86. The van der Waals surface area contributed by atoms with E-state index >= 15 is 0 Å². The van der Waals surface area contributed by atoms with E-state index in [2.05, 4.69) is 14.7 Å². The maximum Gasteiger partial charge on any atom is 0.450 e. The normalized spacial score (nSPS) is 22.5. The summed E-state index contributed by atoms with van der Waals surface area (Å²) in [5.74, 6) is -1.64. The molecule has 94 valence electrons. The van der Waals surface area contributed by atoms with Gasteiger partial charge in [-0.1, -0.05) is 19.0 Å². The van der Waals surface area contributed by atoms with Crippen LogP contribution in [0, 0.1) is 5.41 Å². The molecule has 1 saturated carbocycles. The van der Waals surface area contributed by atoms with E-state index in [1.165, 1.54) is 0 Å². The molecule has 7 heteroatoms. The highest BCUT2D eigenvalue weighted by atomic mass is 19.4. The van der Waals surface area contributed by atoms with Crippen LogP contribution in [0.2, 0.25) is 0 Å². The van der Waals surface area contributed by atoms with E-state index in [4.69, 9.17) is 0 Å². The maximum absolute atomic E-state index is 12.0. The standard InChI is InChI=1S/C10H11F3N2O2/c1-9(2)4-5(9)8-14-7(17-15-8)3-6(16)10(11,12)13/h5H,3-4H2,1-2H3. The lowest BCUT2D eigenvalue weighted by molar-refractivity contribution is -0.170. The molecule has 1 fully saturated rings. The molecule has 4 nitrogen and oxygen atoms in total. The van der Waals surface area contributed by atoms with E-state index in [1.807, 2.05) is 13.8 Å². The molecule has 0 aromatic carbocycles. The summed E-state index contributed by atoms with van der Waals surface area (Å²) in [4.78, 5) is 14.5. The average molecular weight is 248 g/mol. The minimum absolute atomic E-state index is 0.0647. The zero-order chi connectivity index (χ0) is 12.8. The van der Waals surface area contributed by atoms with Gasteiger partial charge >= 0.3 is 6.18 Å². The molecule has 0 radical (unpaired) electrons. The second-order valence-electron chi connectivity index (χ2n) is 4.89. The highest BCUT2D eigenvalue weighted by Crippen LogP contribution is 2.57. The van der Waals surface area contributed by atoms with E-state index in [0.717, 1.165) is 6.42 Å². The Bertz CT molecular complexity index is 451. The molecule has 0 spiro atoms. The molecule has 0 saturated heterocycles. The molecule has 0 N–H and O–H groups in total. The highest BCUT2D eigenvalue weighted by Gasteiger charge is 2.49. The van der Waals surface area contributed by atoms with Crippen LogP contribution in [-0.2, 0) is 11.2 Å². The number of carbonyl (C=O) groups is 1. The van der Waals surface area contributed by atoms with Crippen LogP contribution < -0.4 is 0 Å². The number of ketones is 1. The van der Waals surface area contributed by atoms with Gasteiger partial charge in [-0.15, -0.1) is 0 Å². The zero-order valence-electron chi connectivity index (χ0n) is 9.34. The van der Waals surface area contributed by atoms with Gasteiger partial charge in [0.05, 0.1) is 6.42 Å². The third-order valence-electron chi connectivity index (χ3n) is 2.94. The van der Waals surface area contributed by atoms with Gasteiger partial charge in [-0.05, 0) is 11.8 Å². The van der Waals surface area contributed by atoms with Crippen LogP contribution in [0.3, 0.4) is 0 Å². The number of rotatable bonds is 3. The van der Waals surface area contributed by atoms with Crippen LogP contribution in [0.25, 0.3) is 0 Å². The quantitative estimate of drug-likeness (QED) is 0.823. The maximum atomic E-state index is 12.0. The van der Waals surface area contributed by atoms with Crippen molar-refractivity contribution in [1.29, 1.82) is 0 Å². The topological polar surface area (TPSA) is 56.0 Å². The monoisotopic (exact) mass is 248 g/mol. The molecule has 1 aromatic heterocycles. The smallest absolute Gasteiger partial charge is 0.339 e. The van der Waals surface area contributed by atoms with E-state index in [0.29, 0.717) is 5.82 Å². The predicted molar refractivity (Wildman–Crippen MR) is 50.2 cm³/mol. The Morgan fingerprint density at radius 1 is 1.53 bits per heavy atom. The number of hydrogen-bond acceptors (Lipinski definition) is 4. The van der Waals surface area contributed by atoms with E-state index in [9.17, 15) is 18.0 Å². The Hall–Kier alpha value is -1.40. The lowest BCUT2D eigenvalue weighted by Gasteiger charge is -2.00. The van der Waals surface area contributed by atoms with E-state index < -0.39 is 18.4 Å². The average Bonchev–Trinajstić information content (AvgIpc) is 2.60. The SMILES string of the molecule is CC1(C)CC1c1noc(CC(=O)C(F)(F)F)n1. The Morgan fingerprint density at radius 3 is 2.59 bits per heavy atom. The van der Waals surface area contributed by atoms with Crippen LogP contribution in [0.15, 0.2) is 4.52 Å². The van der Waals surface area contributed by atoms with Gasteiger partial charge in [-0.25, -0.2) is 0 Å². The minimum Gasteiger partial charge on any atom is -0.339 e. The molecule has 1 heterocycles. The van der Waals surface area contributed by atoms with Gasteiger partial charge in [0, 0.05) is 5.92 Å². The van der Waals surface area contributed by atoms with Gasteiger partial charge in [0.1, 0.15) is 0 Å². The number of nitrogens with zero attached hydrogens (tertiary/aromatic N) is 2. The van der Waals surface area contributed by atoms with Crippen molar-refractivity contribution in [2.45, 2.75) is 38.8 Å². The molecule has 17 heavy (non-hydrogen) atoms. The second-order valence-corrected chi connectivity index (χ2v) is 4.89. The number of halogens is 3. The summed E-state index contributed by atoms with van der Waals surface area (Å²) in [7, 11) is 0. The molecule has 0 bridgehead atoms. The Balaban J connectivity index is 2.03. The lowest BCUT2D eigenvalue weighted by Crippen LogP contribution is -2.24. The molecule has 2 rings (SSSR count). The predicted octanol–water partition coefficient (Wildman–Crippen LogP) is 2.26. The first kappa shape index (κ1) is 12.1. The minimum atomic E-state index is -4.85. The summed E-state index contributed by atoms with van der Waals surface area (Å²) in [6, 6.07) is 0. The molecular weight excluding hydrogens is 237 g/mol. The second kappa shape index (κ2) is 3.54. The van der Waals surface area contributed by atoms with Crippen molar-refractivity contribution in [3.8, 4) is 0 Å². The Labute approximate surface area is 95.2 Å². The Morgan fingerprint density at radius 2 is 2.12 bits per heavy atom. The summed E-state index contributed by atoms with van der Waals surface area (Å²) in [5, 5.41) is 3.60. The zero-order valence-corrected chi connectivity index (χ0v) is 9.34. The highest BCUT2D eigenvalue weighted by molar-refractivity contribution is 5.85. The van der Waals surface area contributed by atoms with Gasteiger partial charge in [-0.3, -0.25) is 4.79 Å². The first-order valence-corrected chi connectivity index (χ1v) is 5.12. The van der Waals surface area contributed by atoms with Gasteiger partial charge in [0.25, 0.3) is 0 Å². The third-order valence-corrected chi connectivity index (χ3v) is 2.94. The number of aromatic nitrogens is 2. The molecule has 1 unspecified atom stereocenters. The van der Waals surface area contributed by atoms with Crippen LogP contribution in [-0.4, -0.2) is 22.1 Å². The van der Waals surface area contributed by atoms with Gasteiger partial charge in [0.2, 0.25) is 11.7 Å². The largest absolute Gasteiger partial charge is 0.450 e. The van der Waals surface area contributed by atoms with Crippen LogP contribution >= 0.6 is 0 Å². The van der Waals surface area contributed by atoms with Crippen LogP contribution in [0.5, 0.6) is 0 Å². The summed E-state index contributed by atoms with van der Waals surface area (Å²) in [6.45, 7) is 4.02. The van der Waals surface area contributed by atoms with Crippen molar-refractivity contribution in [3.05, 3.63) is 11.7 Å². The van der Waals surface area contributed by atoms with Gasteiger partial charge in [-0.2, -0.15) is 18.2 Å². The van der Waals surface area contributed by atoms with Gasteiger partial charge < -0.3 is 4.52 Å². The van der Waals surface area contributed by atoms with Crippen molar-refractivity contribution < 1.29 is 22.5 Å². The molecule has 1 aliphatic carbocycles. The first-order chi connectivity index (χ1) is 7.70. The van der Waals surface area contributed by atoms with Gasteiger partial charge in [0.15, 0.2) is 5.82 Å². The first-order valence-electron chi connectivity index (χ1n) is 5.12. The van der Waals surface area contributed by atoms with Crippen LogP contribution in [0.4, 0.5) is 13.2 Å². The van der Waals surface area contributed by atoms with Crippen molar-refractivity contribution in [2.75, 3.05) is 0 Å².